The summed E-state index contributed by atoms with van der Waals surface area (Å²) in [4.78, 5) is 23.7. The van der Waals surface area contributed by atoms with Crippen molar-refractivity contribution in [2.75, 3.05) is 36.5 Å². The van der Waals surface area contributed by atoms with E-state index in [9.17, 15) is 4.79 Å². The van der Waals surface area contributed by atoms with E-state index in [1.807, 2.05) is 51.1 Å². The fourth-order valence-corrected chi connectivity index (χ4v) is 3.98. The molecule has 1 aliphatic heterocycles. The predicted molar refractivity (Wildman–Crippen MR) is 114 cm³/mol. The molecule has 9 heteroatoms. The summed E-state index contributed by atoms with van der Waals surface area (Å²) < 4.78 is 7.09. The monoisotopic (exact) mass is 412 g/mol. The number of rotatable bonds is 5. The highest BCUT2D eigenvalue weighted by atomic mass is 32.2. The number of hydrogen-bond acceptors (Lipinski definition) is 7. The van der Waals surface area contributed by atoms with E-state index in [0.717, 1.165) is 49.1 Å². The van der Waals surface area contributed by atoms with Gasteiger partial charge in [0.15, 0.2) is 0 Å². The zero-order chi connectivity index (χ0) is 20.4. The minimum Gasteiger partial charge on any atom is -0.378 e. The average Bonchev–Trinajstić information content (AvgIpc) is 3.12. The average molecular weight is 413 g/mol. The van der Waals surface area contributed by atoms with Gasteiger partial charge in [-0.15, -0.1) is 5.10 Å². The Morgan fingerprint density at radius 3 is 2.62 bits per heavy atom. The van der Waals surface area contributed by atoms with Crippen molar-refractivity contribution in [2.45, 2.75) is 31.2 Å². The van der Waals surface area contributed by atoms with Gasteiger partial charge >= 0.3 is 0 Å². The second-order valence-corrected chi connectivity index (χ2v) is 8.35. The van der Waals surface area contributed by atoms with Crippen LogP contribution < -0.4 is 10.2 Å². The van der Waals surface area contributed by atoms with Crippen molar-refractivity contribution in [3.63, 3.8) is 0 Å². The van der Waals surface area contributed by atoms with Gasteiger partial charge in [-0.05, 0) is 51.1 Å². The molecule has 4 rings (SSSR count). The molecule has 0 spiro atoms. The van der Waals surface area contributed by atoms with Crippen LogP contribution in [0.1, 0.15) is 18.3 Å². The number of ether oxygens (including phenoxy) is 1. The predicted octanol–water partition coefficient (Wildman–Crippen LogP) is 2.70. The van der Waals surface area contributed by atoms with E-state index >= 15 is 0 Å². The smallest absolute Gasteiger partial charge is 0.253 e. The van der Waals surface area contributed by atoms with Crippen molar-refractivity contribution in [1.82, 2.24) is 19.6 Å². The molecule has 1 N–H and O–H groups in total. The van der Waals surface area contributed by atoms with Crippen LogP contribution >= 0.6 is 11.8 Å². The quantitative estimate of drug-likeness (QED) is 0.645. The molecule has 1 saturated heterocycles. The number of aryl methyl sites for hydroxylation is 2. The highest BCUT2D eigenvalue weighted by Crippen LogP contribution is 2.23. The summed E-state index contributed by atoms with van der Waals surface area (Å²) in [5, 5.41) is 7.62. The highest BCUT2D eigenvalue weighted by molar-refractivity contribution is 8.00. The second kappa shape index (κ2) is 8.38. The summed E-state index contributed by atoms with van der Waals surface area (Å²) in [5.41, 5.74) is 3.77. The minimum absolute atomic E-state index is 0.0890. The maximum absolute atomic E-state index is 12.6. The largest absolute Gasteiger partial charge is 0.378 e. The molecule has 1 aliphatic rings. The summed E-state index contributed by atoms with van der Waals surface area (Å²) in [6, 6.07) is 9.86. The molecule has 3 aromatic rings. The number of anilines is 2. The van der Waals surface area contributed by atoms with Gasteiger partial charge in [0, 0.05) is 35.9 Å². The van der Waals surface area contributed by atoms with Gasteiger partial charge in [-0.2, -0.15) is 4.98 Å². The third-order valence-corrected chi connectivity index (χ3v) is 5.71. The van der Waals surface area contributed by atoms with Gasteiger partial charge in [0.25, 0.3) is 5.78 Å². The number of carbonyl (C=O) groups is 1. The van der Waals surface area contributed by atoms with Crippen molar-refractivity contribution >= 4 is 34.8 Å². The number of carbonyl (C=O) groups excluding carboxylic acids is 1. The molecule has 29 heavy (non-hydrogen) atoms. The molecule has 0 saturated carbocycles. The number of nitrogens with one attached hydrogen (secondary N) is 1. The number of benzene rings is 1. The zero-order valence-corrected chi connectivity index (χ0v) is 17.6. The van der Waals surface area contributed by atoms with Crippen molar-refractivity contribution in [2.24, 2.45) is 0 Å². The number of hydrogen-bond donors (Lipinski definition) is 1. The lowest BCUT2D eigenvalue weighted by atomic mass is 10.2. The number of amides is 1. The number of morpholine rings is 1. The summed E-state index contributed by atoms with van der Waals surface area (Å²) >= 11 is 1.32. The lowest BCUT2D eigenvalue weighted by Crippen LogP contribution is -2.36. The van der Waals surface area contributed by atoms with Gasteiger partial charge in [0.1, 0.15) is 0 Å². The first-order valence-electron chi connectivity index (χ1n) is 9.61. The maximum atomic E-state index is 12.6. The fraction of sp³-hybridized carbons (Fsp3) is 0.400. The summed E-state index contributed by atoms with van der Waals surface area (Å²) in [7, 11) is 0. The molecular formula is C20H24N6O2S. The van der Waals surface area contributed by atoms with E-state index in [1.54, 1.807) is 4.52 Å². The SMILES string of the molecule is Cc1cc(C)n2nc(S[C@H](C)C(=O)Nc3ccc(N4CCOCC4)cc3)nc2n1. The van der Waals surface area contributed by atoms with Crippen molar-refractivity contribution < 1.29 is 9.53 Å². The Bertz CT molecular complexity index is 1010. The third-order valence-electron chi connectivity index (χ3n) is 4.76. The van der Waals surface area contributed by atoms with Crippen molar-refractivity contribution in [3.8, 4) is 0 Å². The van der Waals surface area contributed by atoms with Crippen molar-refractivity contribution in [3.05, 3.63) is 41.7 Å². The first kappa shape index (κ1) is 19.7. The lowest BCUT2D eigenvalue weighted by Gasteiger charge is -2.28. The van der Waals surface area contributed by atoms with Crippen LogP contribution in [0.25, 0.3) is 5.78 Å². The number of thioether (sulfide) groups is 1. The first-order valence-corrected chi connectivity index (χ1v) is 10.5. The van der Waals surface area contributed by atoms with E-state index < -0.39 is 0 Å². The highest BCUT2D eigenvalue weighted by Gasteiger charge is 2.19. The Kier molecular flexibility index (Phi) is 5.68. The number of fused-ring (bicyclic) bond motifs is 1. The Labute approximate surface area is 173 Å². The molecule has 0 bridgehead atoms. The van der Waals surface area contributed by atoms with E-state index in [0.29, 0.717) is 10.9 Å². The molecule has 2 aromatic heterocycles. The standard InChI is InChI=1S/C20H24N6O2S/c1-13-12-14(2)26-19(21-13)23-20(24-26)29-15(3)18(27)22-16-4-6-17(7-5-16)25-8-10-28-11-9-25/h4-7,12,15H,8-11H2,1-3H3,(H,22,27)/t15-/m1/s1. The molecule has 0 radical (unpaired) electrons. The van der Waals surface area contributed by atoms with Crippen LogP contribution in [0.4, 0.5) is 11.4 Å². The molecule has 3 heterocycles. The van der Waals surface area contributed by atoms with E-state index in [2.05, 4.69) is 25.3 Å². The van der Waals surface area contributed by atoms with Gasteiger partial charge in [-0.3, -0.25) is 4.79 Å². The second-order valence-electron chi connectivity index (χ2n) is 7.04. The summed E-state index contributed by atoms with van der Waals surface area (Å²) in [6.45, 7) is 9.01. The van der Waals surface area contributed by atoms with Crippen LogP contribution in [0.5, 0.6) is 0 Å². The molecule has 1 amide bonds. The van der Waals surface area contributed by atoms with Crippen LogP contribution in [0.3, 0.4) is 0 Å². The van der Waals surface area contributed by atoms with Gasteiger partial charge in [0.2, 0.25) is 11.1 Å². The van der Waals surface area contributed by atoms with Crippen LogP contribution in [0.15, 0.2) is 35.5 Å². The molecule has 0 aliphatic carbocycles. The lowest BCUT2D eigenvalue weighted by molar-refractivity contribution is -0.115. The zero-order valence-electron chi connectivity index (χ0n) is 16.8. The summed E-state index contributed by atoms with van der Waals surface area (Å²) in [6.07, 6.45) is 0. The van der Waals surface area contributed by atoms with Gasteiger partial charge < -0.3 is 15.0 Å². The molecule has 1 fully saturated rings. The third kappa shape index (κ3) is 4.51. The minimum atomic E-state index is -0.340. The van der Waals surface area contributed by atoms with Crippen LogP contribution in [-0.2, 0) is 9.53 Å². The first-order chi connectivity index (χ1) is 14.0. The molecule has 0 unspecified atom stereocenters. The number of aromatic nitrogens is 4. The van der Waals surface area contributed by atoms with E-state index in [-0.39, 0.29) is 11.2 Å². The maximum Gasteiger partial charge on any atom is 0.253 e. The van der Waals surface area contributed by atoms with Crippen LogP contribution in [0.2, 0.25) is 0 Å². The Balaban J connectivity index is 1.38. The van der Waals surface area contributed by atoms with Gasteiger partial charge in [0.05, 0.1) is 18.5 Å². The summed E-state index contributed by atoms with van der Waals surface area (Å²) in [5.74, 6) is 0.463. The molecular weight excluding hydrogens is 388 g/mol. The fourth-order valence-electron chi connectivity index (χ4n) is 3.23. The molecule has 152 valence electrons. The van der Waals surface area contributed by atoms with Crippen LogP contribution in [0, 0.1) is 13.8 Å². The Morgan fingerprint density at radius 1 is 1.17 bits per heavy atom. The van der Waals surface area contributed by atoms with Crippen molar-refractivity contribution in [1.29, 1.82) is 0 Å². The molecule has 1 aromatic carbocycles. The Morgan fingerprint density at radius 2 is 1.90 bits per heavy atom. The topological polar surface area (TPSA) is 84.7 Å². The number of nitrogens with zero attached hydrogens (tertiary/aromatic N) is 5. The van der Waals surface area contributed by atoms with E-state index in [4.69, 9.17) is 4.74 Å². The molecule has 8 nitrogen and oxygen atoms in total. The Hall–Kier alpha value is -2.65. The molecule has 1 atom stereocenters. The van der Waals surface area contributed by atoms with Gasteiger partial charge in [-0.25, -0.2) is 9.50 Å². The van der Waals surface area contributed by atoms with E-state index in [1.165, 1.54) is 11.8 Å². The van der Waals surface area contributed by atoms with Crippen LogP contribution in [-0.4, -0.2) is 57.0 Å². The normalized spacial score (nSPS) is 15.5. The van der Waals surface area contributed by atoms with Gasteiger partial charge in [-0.1, -0.05) is 11.8 Å².